The summed E-state index contributed by atoms with van der Waals surface area (Å²) in [6.07, 6.45) is 3.44. The van der Waals surface area contributed by atoms with Crippen molar-refractivity contribution in [3.05, 3.63) is 39.9 Å². The molecule has 1 aliphatic rings. The fraction of sp³-hybridized carbons (Fsp3) is 0.357. The maximum absolute atomic E-state index is 12.1. The lowest BCUT2D eigenvalue weighted by Crippen LogP contribution is -2.36. The Morgan fingerprint density at radius 1 is 1.38 bits per heavy atom. The van der Waals surface area contributed by atoms with E-state index in [-0.39, 0.29) is 23.5 Å². The van der Waals surface area contributed by atoms with E-state index in [9.17, 15) is 13.2 Å². The van der Waals surface area contributed by atoms with Crippen molar-refractivity contribution in [1.29, 1.82) is 0 Å². The first-order chi connectivity index (χ1) is 9.78. The average molecular weight is 348 g/mol. The highest BCUT2D eigenvalue weighted by molar-refractivity contribution is 7.91. The highest BCUT2D eigenvalue weighted by atomic mass is 35.5. The quantitative estimate of drug-likeness (QED) is 0.789. The monoisotopic (exact) mass is 347 g/mol. The average Bonchev–Trinajstić information content (AvgIpc) is 2.79. The largest absolute Gasteiger partial charge is 0.338 e. The third-order valence-electron chi connectivity index (χ3n) is 3.47. The van der Waals surface area contributed by atoms with E-state index in [1.54, 1.807) is 31.3 Å². The molecule has 4 nitrogen and oxygen atoms in total. The zero-order valence-electron chi connectivity index (χ0n) is 11.4. The molecule has 1 saturated heterocycles. The Bertz CT molecular complexity index is 685. The van der Waals surface area contributed by atoms with Crippen LogP contribution < -0.4 is 0 Å². The summed E-state index contributed by atoms with van der Waals surface area (Å²) >= 11 is 11.9. The minimum atomic E-state index is -3.01. The van der Waals surface area contributed by atoms with Crippen molar-refractivity contribution in [1.82, 2.24) is 4.90 Å². The summed E-state index contributed by atoms with van der Waals surface area (Å²) in [4.78, 5) is 13.5. The molecule has 1 aromatic rings. The molecule has 114 valence electrons. The van der Waals surface area contributed by atoms with Gasteiger partial charge in [-0.15, -0.1) is 0 Å². The molecule has 0 aliphatic carbocycles. The molecule has 1 atom stereocenters. The summed E-state index contributed by atoms with van der Waals surface area (Å²) in [5, 5.41) is 1.02. The number of sulfone groups is 1. The summed E-state index contributed by atoms with van der Waals surface area (Å²) < 4.78 is 22.9. The SMILES string of the molecule is CN(C(=O)/C=C/c1cc(Cl)ccc1Cl)C1CCS(=O)(=O)C1. The van der Waals surface area contributed by atoms with Crippen LogP contribution in [0.3, 0.4) is 0 Å². The van der Waals surface area contributed by atoms with E-state index < -0.39 is 9.84 Å². The molecule has 1 unspecified atom stereocenters. The van der Waals surface area contributed by atoms with E-state index in [1.165, 1.54) is 11.0 Å². The molecule has 0 aromatic heterocycles. The minimum absolute atomic E-state index is 0.0288. The number of amides is 1. The summed E-state index contributed by atoms with van der Waals surface area (Å²) in [7, 11) is -1.40. The lowest BCUT2D eigenvalue weighted by molar-refractivity contribution is -0.126. The molecule has 1 heterocycles. The fourth-order valence-electron chi connectivity index (χ4n) is 2.18. The van der Waals surface area contributed by atoms with Crippen LogP contribution in [0.2, 0.25) is 10.0 Å². The number of hydrogen-bond donors (Lipinski definition) is 0. The first-order valence-corrected chi connectivity index (χ1v) is 8.96. The Balaban J connectivity index is 2.07. The van der Waals surface area contributed by atoms with Crippen LogP contribution in [-0.4, -0.2) is 43.8 Å². The molecule has 1 fully saturated rings. The highest BCUT2D eigenvalue weighted by Gasteiger charge is 2.31. The summed E-state index contributed by atoms with van der Waals surface area (Å²) in [6, 6.07) is 4.72. The van der Waals surface area contributed by atoms with Crippen LogP contribution in [0.25, 0.3) is 6.08 Å². The molecule has 0 radical (unpaired) electrons. The van der Waals surface area contributed by atoms with Gasteiger partial charge in [0.25, 0.3) is 0 Å². The molecule has 7 heteroatoms. The number of benzene rings is 1. The zero-order chi connectivity index (χ0) is 15.6. The molecule has 21 heavy (non-hydrogen) atoms. The van der Waals surface area contributed by atoms with Crippen molar-refractivity contribution in [3.8, 4) is 0 Å². The second-order valence-corrected chi connectivity index (χ2v) is 8.08. The third-order valence-corrected chi connectivity index (χ3v) is 5.80. The van der Waals surface area contributed by atoms with Gasteiger partial charge in [-0.3, -0.25) is 4.79 Å². The molecule has 1 aliphatic heterocycles. The van der Waals surface area contributed by atoms with Crippen molar-refractivity contribution in [3.63, 3.8) is 0 Å². The molecule has 2 rings (SSSR count). The Morgan fingerprint density at radius 3 is 2.71 bits per heavy atom. The second kappa shape index (κ2) is 6.38. The highest BCUT2D eigenvalue weighted by Crippen LogP contribution is 2.22. The zero-order valence-corrected chi connectivity index (χ0v) is 13.7. The van der Waals surface area contributed by atoms with Gasteiger partial charge >= 0.3 is 0 Å². The summed E-state index contributed by atoms with van der Waals surface area (Å²) in [5.41, 5.74) is 0.643. The Hall–Kier alpha value is -1.04. The van der Waals surface area contributed by atoms with Gasteiger partial charge in [-0.2, -0.15) is 0 Å². The first kappa shape index (κ1) is 16.3. The number of carbonyl (C=O) groups excluding carboxylic acids is 1. The fourth-order valence-corrected chi connectivity index (χ4v) is 4.32. The normalized spacial score (nSPS) is 20.8. The molecule has 1 amide bonds. The molecule has 0 saturated carbocycles. The molecular weight excluding hydrogens is 333 g/mol. The van der Waals surface area contributed by atoms with Gasteiger partial charge in [0.05, 0.1) is 11.5 Å². The molecule has 0 bridgehead atoms. The van der Waals surface area contributed by atoms with E-state index in [1.807, 2.05) is 0 Å². The van der Waals surface area contributed by atoms with Crippen LogP contribution in [0.1, 0.15) is 12.0 Å². The number of likely N-dealkylation sites (N-methyl/N-ethyl adjacent to an activating group) is 1. The summed E-state index contributed by atoms with van der Waals surface area (Å²) in [5.74, 6) is -0.0896. The van der Waals surface area contributed by atoms with E-state index in [4.69, 9.17) is 23.2 Å². The van der Waals surface area contributed by atoms with Crippen LogP contribution in [0.4, 0.5) is 0 Å². The van der Waals surface area contributed by atoms with Gasteiger partial charge in [-0.25, -0.2) is 8.42 Å². The van der Waals surface area contributed by atoms with Gasteiger partial charge in [0.15, 0.2) is 9.84 Å². The van der Waals surface area contributed by atoms with Gasteiger partial charge in [-0.05, 0) is 36.3 Å². The lowest BCUT2D eigenvalue weighted by Gasteiger charge is -2.21. The molecule has 0 spiro atoms. The van der Waals surface area contributed by atoms with Crippen molar-refractivity contribution in [2.45, 2.75) is 12.5 Å². The first-order valence-electron chi connectivity index (χ1n) is 6.39. The molecular formula is C14H15Cl2NO3S. The Morgan fingerprint density at radius 2 is 2.10 bits per heavy atom. The lowest BCUT2D eigenvalue weighted by atomic mass is 10.2. The van der Waals surface area contributed by atoms with Gasteiger partial charge in [0, 0.05) is 29.2 Å². The van der Waals surface area contributed by atoms with Gasteiger partial charge in [0.2, 0.25) is 5.91 Å². The smallest absolute Gasteiger partial charge is 0.246 e. The maximum Gasteiger partial charge on any atom is 0.246 e. The van der Waals surface area contributed by atoms with Crippen molar-refractivity contribution in [2.24, 2.45) is 0 Å². The predicted molar refractivity (Wildman–Crippen MR) is 85.3 cm³/mol. The van der Waals surface area contributed by atoms with Gasteiger partial charge in [0.1, 0.15) is 0 Å². The number of rotatable bonds is 3. The van der Waals surface area contributed by atoms with Gasteiger partial charge < -0.3 is 4.90 Å². The number of carbonyl (C=O) groups is 1. The van der Waals surface area contributed by atoms with E-state index >= 15 is 0 Å². The van der Waals surface area contributed by atoms with Crippen molar-refractivity contribution < 1.29 is 13.2 Å². The van der Waals surface area contributed by atoms with Crippen LogP contribution >= 0.6 is 23.2 Å². The van der Waals surface area contributed by atoms with Crippen LogP contribution in [-0.2, 0) is 14.6 Å². The molecule has 0 N–H and O–H groups in total. The predicted octanol–water partition coefficient (Wildman–Crippen LogP) is 2.65. The van der Waals surface area contributed by atoms with Crippen LogP contribution in [0.5, 0.6) is 0 Å². The molecule has 1 aromatic carbocycles. The van der Waals surface area contributed by atoms with Crippen LogP contribution in [0, 0.1) is 0 Å². The van der Waals surface area contributed by atoms with Crippen molar-refractivity contribution >= 4 is 45.0 Å². The Labute approximate surface area is 134 Å². The second-order valence-electron chi connectivity index (χ2n) is 5.01. The number of nitrogens with zero attached hydrogens (tertiary/aromatic N) is 1. The van der Waals surface area contributed by atoms with E-state index in [0.29, 0.717) is 22.0 Å². The Kier molecular flexibility index (Phi) is 4.96. The topological polar surface area (TPSA) is 54.5 Å². The van der Waals surface area contributed by atoms with Crippen molar-refractivity contribution in [2.75, 3.05) is 18.6 Å². The third kappa shape index (κ3) is 4.22. The standard InChI is InChI=1S/C14H15Cl2NO3S/c1-17(12-6-7-21(19,20)9-12)14(18)5-2-10-8-11(15)3-4-13(10)16/h2-5,8,12H,6-7,9H2,1H3/b5-2+. The number of hydrogen-bond acceptors (Lipinski definition) is 3. The van der Waals surface area contributed by atoms with E-state index in [0.717, 1.165) is 0 Å². The van der Waals surface area contributed by atoms with Crippen LogP contribution in [0.15, 0.2) is 24.3 Å². The minimum Gasteiger partial charge on any atom is -0.338 e. The maximum atomic E-state index is 12.1. The van der Waals surface area contributed by atoms with Gasteiger partial charge in [-0.1, -0.05) is 23.2 Å². The summed E-state index contributed by atoms with van der Waals surface area (Å²) in [6.45, 7) is 0. The van der Waals surface area contributed by atoms with E-state index in [2.05, 4.69) is 0 Å². The number of halogens is 2.